The molecule has 0 amide bonds. The summed E-state index contributed by atoms with van der Waals surface area (Å²) >= 11 is 12.0. The Balaban J connectivity index is 1.41. The van der Waals surface area contributed by atoms with Crippen LogP contribution in [-0.2, 0) is 6.54 Å². The molecular formula is C27H27ClF3N7OS. The number of alkyl halides is 3. The average molecular weight is 590 g/mol. The molecule has 0 saturated carbocycles. The Morgan fingerprint density at radius 3 is 2.45 bits per heavy atom. The zero-order chi connectivity index (χ0) is 28.9. The molecule has 1 heterocycles. The fourth-order valence-corrected chi connectivity index (χ4v) is 4.37. The van der Waals surface area contributed by atoms with Crippen molar-refractivity contribution in [3.63, 3.8) is 0 Å². The number of anilines is 2. The van der Waals surface area contributed by atoms with Gasteiger partial charge in [-0.15, -0.1) is 18.3 Å². The summed E-state index contributed by atoms with van der Waals surface area (Å²) in [6, 6.07) is 18.8. The molecule has 3 aromatic carbocycles. The first-order valence-electron chi connectivity index (χ1n) is 12.2. The number of nitrogens with zero attached hydrogens (tertiary/aromatic N) is 3. The molecule has 210 valence electrons. The number of hydrazine groups is 1. The Morgan fingerprint density at radius 2 is 1.80 bits per heavy atom. The van der Waals surface area contributed by atoms with Gasteiger partial charge in [-0.2, -0.15) is 9.67 Å². The highest BCUT2D eigenvalue weighted by Gasteiger charge is 2.31. The fraction of sp³-hybridized carbons (Fsp3) is 0.222. The van der Waals surface area contributed by atoms with Gasteiger partial charge in [-0.3, -0.25) is 5.43 Å². The Labute approximate surface area is 239 Å². The van der Waals surface area contributed by atoms with Crippen LogP contribution in [-0.4, -0.2) is 33.3 Å². The summed E-state index contributed by atoms with van der Waals surface area (Å²) in [5.41, 5.74) is 10.1. The van der Waals surface area contributed by atoms with Crippen molar-refractivity contribution in [2.75, 3.05) is 17.7 Å². The molecule has 0 aliphatic rings. The van der Waals surface area contributed by atoms with Gasteiger partial charge in [0.05, 0.1) is 10.7 Å². The van der Waals surface area contributed by atoms with E-state index < -0.39 is 6.36 Å². The molecule has 4 N–H and O–H groups in total. The number of aromatic nitrogens is 3. The van der Waals surface area contributed by atoms with Crippen LogP contribution in [0.4, 0.5) is 24.8 Å². The van der Waals surface area contributed by atoms with Crippen molar-refractivity contribution in [2.24, 2.45) is 0 Å². The lowest BCUT2D eigenvalue weighted by atomic mass is 10.0. The third-order valence-corrected chi connectivity index (χ3v) is 6.26. The third kappa shape index (κ3) is 7.40. The molecule has 4 aromatic rings. The van der Waals surface area contributed by atoms with E-state index in [-0.39, 0.29) is 5.75 Å². The highest BCUT2D eigenvalue weighted by Crippen LogP contribution is 2.30. The number of hydrogen-bond acceptors (Lipinski definition) is 6. The Bertz CT molecular complexity index is 1480. The molecule has 0 saturated heterocycles. The van der Waals surface area contributed by atoms with E-state index in [1.807, 2.05) is 24.3 Å². The molecule has 0 aliphatic heterocycles. The number of rotatable bonds is 9. The summed E-state index contributed by atoms with van der Waals surface area (Å²) in [6.45, 7) is 4.68. The molecule has 0 fully saturated rings. The van der Waals surface area contributed by atoms with Crippen LogP contribution in [0.2, 0.25) is 5.02 Å². The standard InChI is InChI=1S/C27H27ClF3N7OS/c1-16(2)20-6-4-5-7-23(20)34-26(40)36-33-15-17-8-13-21(22(28)14-17)24-35-25(32-3)38(37-24)18-9-11-19(12-10-18)39-27(29,30)31/h4-14,16,33H,15H2,1-3H3,(H,32,35,37)(H2,34,36,40). The third-order valence-electron chi connectivity index (χ3n) is 5.75. The van der Waals surface area contributed by atoms with E-state index in [9.17, 15) is 13.2 Å². The van der Waals surface area contributed by atoms with E-state index in [2.05, 4.69) is 56.2 Å². The van der Waals surface area contributed by atoms with Crippen LogP contribution in [0.15, 0.2) is 66.7 Å². The largest absolute Gasteiger partial charge is 0.573 e. The number of ether oxygens (including phenoxy) is 1. The lowest BCUT2D eigenvalue weighted by molar-refractivity contribution is -0.274. The second kappa shape index (κ2) is 12.5. The fourth-order valence-electron chi connectivity index (χ4n) is 3.90. The van der Waals surface area contributed by atoms with Crippen LogP contribution in [0, 0.1) is 0 Å². The number of nitrogens with one attached hydrogen (secondary N) is 4. The average Bonchev–Trinajstić information content (AvgIpc) is 3.32. The SMILES string of the molecule is CNc1nc(-c2ccc(CNNC(=S)Nc3ccccc3C(C)C)cc2Cl)nn1-c1ccc(OC(F)(F)F)cc1. The van der Waals surface area contributed by atoms with Gasteiger partial charge < -0.3 is 15.4 Å². The topological polar surface area (TPSA) is 88.1 Å². The van der Waals surface area contributed by atoms with Crippen molar-refractivity contribution in [3.8, 4) is 22.8 Å². The highest BCUT2D eigenvalue weighted by molar-refractivity contribution is 7.80. The van der Waals surface area contributed by atoms with Gasteiger partial charge >= 0.3 is 6.36 Å². The molecule has 8 nitrogen and oxygen atoms in total. The van der Waals surface area contributed by atoms with Gasteiger partial charge in [0, 0.05) is 24.8 Å². The molecule has 0 aliphatic carbocycles. The maximum Gasteiger partial charge on any atom is 0.573 e. The lowest BCUT2D eigenvalue weighted by Crippen LogP contribution is -2.39. The molecule has 40 heavy (non-hydrogen) atoms. The predicted octanol–water partition coefficient (Wildman–Crippen LogP) is 6.64. The number of halogens is 4. The Morgan fingerprint density at radius 1 is 1.07 bits per heavy atom. The van der Waals surface area contributed by atoms with Crippen LogP contribution < -0.4 is 26.2 Å². The van der Waals surface area contributed by atoms with Gasteiger partial charge in [-0.05, 0) is 71.7 Å². The van der Waals surface area contributed by atoms with Crippen LogP contribution in [0.25, 0.3) is 17.1 Å². The van der Waals surface area contributed by atoms with E-state index in [0.717, 1.165) is 11.3 Å². The van der Waals surface area contributed by atoms with E-state index >= 15 is 0 Å². The summed E-state index contributed by atoms with van der Waals surface area (Å²) in [7, 11) is 1.66. The Kier molecular flexibility index (Phi) is 9.13. The minimum absolute atomic E-state index is 0.332. The van der Waals surface area contributed by atoms with E-state index in [4.69, 9.17) is 23.8 Å². The monoisotopic (exact) mass is 589 g/mol. The summed E-state index contributed by atoms with van der Waals surface area (Å²) in [5.74, 6) is 0.743. The summed E-state index contributed by atoms with van der Waals surface area (Å²) in [5, 5.41) is 11.5. The second-order valence-corrected chi connectivity index (χ2v) is 9.77. The number of benzene rings is 3. The van der Waals surface area contributed by atoms with Crippen molar-refractivity contribution >= 4 is 40.6 Å². The number of hydrogen-bond donors (Lipinski definition) is 4. The summed E-state index contributed by atoms with van der Waals surface area (Å²) < 4.78 is 42.8. The first kappa shape index (κ1) is 29.1. The molecule has 0 atom stereocenters. The normalized spacial score (nSPS) is 11.4. The molecule has 13 heteroatoms. The molecule has 0 radical (unpaired) electrons. The molecule has 0 unspecified atom stereocenters. The van der Waals surface area contributed by atoms with Crippen LogP contribution in [0.1, 0.15) is 30.9 Å². The van der Waals surface area contributed by atoms with Gasteiger partial charge in [0.15, 0.2) is 10.9 Å². The number of thiocarbonyl (C=S) groups is 1. The van der Waals surface area contributed by atoms with Gasteiger partial charge in [0.1, 0.15) is 5.75 Å². The quantitative estimate of drug-likeness (QED) is 0.128. The maximum absolute atomic E-state index is 12.5. The Hall–Kier alpha value is -3.87. The molecular weight excluding hydrogens is 563 g/mol. The molecule has 0 spiro atoms. The van der Waals surface area contributed by atoms with Crippen molar-refractivity contribution < 1.29 is 17.9 Å². The minimum Gasteiger partial charge on any atom is -0.406 e. The molecule has 1 aromatic heterocycles. The number of para-hydroxylation sites is 1. The first-order valence-corrected chi connectivity index (χ1v) is 13.0. The first-order chi connectivity index (χ1) is 19.0. The smallest absolute Gasteiger partial charge is 0.406 e. The summed E-state index contributed by atoms with van der Waals surface area (Å²) in [6.07, 6.45) is -4.77. The van der Waals surface area contributed by atoms with E-state index in [1.54, 1.807) is 19.2 Å². The van der Waals surface area contributed by atoms with Crippen LogP contribution in [0.5, 0.6) is 5.75 Å². The van der Waals surface area contributed by atoms with Gasteiger partial charge in [-0.1, -0.05) is 49.7 Å². The predicted molar refractivity (Wildman–Crippen MR) is 155 cm³/mol. The van der Waals surface area contributed by atoms with Gasteiger partial charge in [0.2, 0.25) is 5.95 Å². The highest BCUT2D eigenvalue weighted by atomic mass is 35.5. The van der Waals surface area contributed by atoms with Crippen molar-refractivity contribution in [3.05, 3.63) is 82.9 Å². The van der Waals surface area contributed by atoms with Crippen LogP contribution >= 0.6 is 23.8 Å². The molecule has 4 rings (SSSR count). The maximum atomic E-state index is 12.5. The second-order valence-electron chi connectivity index (χ2n) is 8.95. The van der Waals surface area contributed by atoms with Gasteiger partial charge in [0.25, 0.3) is 0 Å². The van der Waals surface area contributed by atoms with Crippen molar-refractivity contribution in [2.45, 2.75) is 32.7 Å². The minimum atomic E-state index is -4.77. The lowest BCUT2D eigenvalue weighted by Gasteiger charge is -2.16. The summed E-state index contributed by atoms with van der Waals surface area (Å²) in [4.78, 5) is 4.48. The van der Waals surface area contributed by atoms with Crippen LogP contribution in [0.3, 0.4) is 0 Å². The van der Waals surface area contributed by atoms with Crippen molar-refractivity contribution in [1.82, 2.24) is 25.6 Å². The zero-order valence-electron chi connectivity index (χ0n) is 21.8. The van der Waals surface area contributed by atoms with Crippen molar-refractivity contribution in [1.29, 1.82) is 0 Å². The van der Waals surface area contributed by atoms with E-state index in [0.29, 0.717) is 45.6 Å². The van der Waals surface area contributed by atoms with E-state index in [1.165, 1.54) is 34.5 Å². The van der Waals surface area contributed by atoms with Gasteiger partial charge in [-0.25, -0.2) is 5.43 Å². The zero-order valence-corrected chi connectivity index (χ0v) is 23.4. The molecule has 0 bridgehead atoms.